The monoisotopic (exact) mass is 503 g/mol. The largest absolute Gasteiger partial charge is 0.480 e. The van der Waals surface area contributed by atoms with Crippen LogP contribution in [-0.2, 0) is 25.6 Å². The molecule has 0 fully saturated rings. The van der Waals surface area contributed by atoms with Crippen molar-refractivity contribution in [2.24, 2.45) is 17.6 Å². The summed E-state index contributed by atoms with van der Waals surface area (Å²) in [6.45, 7) is 6.60. The van der Waals surface area contributed by atoms with Gasteiger partial charge in [-0.05, 0) is 29.9 Å². The number of carbonyl (C=O) groups is 4. The Morgan fingerprint density at radius 1 is 0.944 bits per heavy atom. The number of hydrogen-bond acceptors (Lipinski definition) is 6. The number of amides is 3. The Kier molecular flexibility index (Phi) is 10.4. The lowest BCUT2D eigenvalue weighted by molar-refractivity contribution is -0.142. The molecule has 8 N–H and O–H groups in total. The number of fused-ring (bicyclic) bond motifs is 1. The van der Waals surface area contributed by atoms with Crippen molar-refractivity contribution in [3.8, 4) is 0 Å². The lowest BCUT2D eigenvalue weighted by Crippen LogP contribution is -2.59. The number of hydrogen-bond donors (Lipinski definition) is 7. The smallest absolute Gasteiger partial charge is 0.326 e. The van der Waals surface area contributed by atoms with Crippen LogP contribution in [0.2, 0.25) is 0 Å². The van der Waals surface area contributed by atoms with Crippen LogP contribution in [0.5, 0.6) is 0 Å². The lowest BCUT2D eigenvalue weighted by Gasteiger charge is -2.27. The molecule has 2 rings (SSSR count). The standard InChI is InChI=1S/C25H37N5O6/c1-13(2)9-19(28-22(32)17(26)12-31)23(33)30-21(14(3)4)24(34)29-20(25(35)36)10-15-11-27-18-8-6-5-7-16(15)18/h5-8,11,13-14,17,19-21,27,31H,9-10,12,26H2,1-4H3,(H,28,32)(H,29,34)(H,30,33)(H,35,36). The molecule has 3 amide bonds. The second-order valence-electron chi connectivity index (χ2n) is 9.67. The van der Waals surface area contributed by atoms with E-state index < -0.39 is 54.5 Å². The number of carboxylic acid groups (broad SMARTS) is 1. The summed E-state index contributed by atoms with van der Waals surface area (Å²) in [5, 5.41) is 27.5. The van der Waals surface area contributed by atoms with Crippen molar-refractivity contribution in [2.75, 3.05) is 6.61 Å². The van der Waals surface area contributed by atoms with E-state index in [0.717, 1.165) is 16.5 Å². The predicted molar refractivity (Wildman–Crippen MR) is 135 cm³/mol. The van der Waals surface area contributed by atoms with Crippen molar-refractivity contribution < 1.29 is 29.4 Å². The fraction of sp³-hybridized carbons (Fsp3) is 0.520. The molecule has 1 aromatic carbocycles. The van der Waals surface area contributed by atoms with Crippen molar-refractivity contribution >= 4 is 34.6 Å². The molecule has 0 spiro atoms. The van der Waals surface area contributed by atoms with Gasteiger partial charge in [0.2, 0.25) is 17.7 Å². The fourth-order valence-corrected chi connectivity index (χ4v) is 3.84. The van der Waals surface area contributed by atoms with Gasteiger partial charge in [0.25, 0.3) is 0 Å². The van der Waals surface area contributed by atoms with Gasteiger partial charge in [-0.3, -0.25) is 14.4 Å². The van der Waals surface area contributed by atoms with Crippen LogP contribution in [0, 0.1) is 11.8 Å². The van der Waals surface area contributed by atoms with Crippen molar-refractivity contribution in [3.63, 3.8) is 0 Å². The van der Waals surface area contributed by atoms with Crippen molar-refractivity contribution in [1.82, 2.24) is 20.9 Å². The molecule has 4 atom stereocenters. The third kappa shape index (κ3) is 7.79. The number of rotatable bonds is 13. The molecule has 0 saturated carbocycles. The summed E-state index contributed by atoms with van der Waals surface area (Å²) < 4.78 is 0. The summed E-state index contributed by atoms with van der Waals surface area (Å²) in [6.07, 6.45) is 2.04. The molecule has 11 heteroatoms. The fourth-order valence-electron chi connectivity index (χ4n) is 3.84. The summed E-state index contributed by atoms with van der Waals surface area (Å²) in [5.41, 5.74) is 7.15. The molecular weight excluding hydrogens is 466 g/mol. The Morgan fingerprint density at radius 2 is 1.58 bits per heavy atom. The van der Waals surface area contributed by atoms with Crippen LogP contribution in [0.15, 0.2) is 30.5 Å². The number of aliphatic hydroxyl groups is 1. The number of H-pyrrole nitrogens is 1. The van der Waals surface area contributed by atoms with E-state index in [0.29, 0.717) is 0 Å². The Morgan fingerprint density at radius 3 is 2.17 bits per heavy atom. The number of aromatic nitrogens is 1. The summed E-state index contributed by atoms with van der Waals surface area (Å²) >= 11 is 0. The normalized spacial score (nSPS) is 14.8. The second kappa shape index (κ2) is 13.0. The van der Waals surface area contributed by atoms with Gasteiger partial charge >= 0.3 is 5.97 Å². The molecule has 0 aliphatic heterocycles. The number of para-hydroxylation sites is 1. The van der Waals surface area contributed by atoms with E-state index in [9.17, 15) is 24.3 Å². The third-order valence-corrected chi connectivity index (χ3v) is 5.83. The molecule has 1 aromatic heterocycles. The summed E-state index contributed by atoms with van der Waals surface area (Å²) in [7, 11) is 0. The van der Waals surface area contributed by atoms with Gasteiger partial charge in [-0.15, -0.1) is 0 Å². The number of nitrogens with one attached hydrogen (secondary N) is 4. The quantitative estimate of drug-likeness (QED) is 0.204. The number of nitrogens with two attached hydrogens (primary N) is 1. The van der Waals surface area contributed by atoms with Crippen LogP contribution in [0.3, 0.4) is 0 Å². The van der Waals surface area contributed by atoms with Crippen LogP contribution < -0.4 is 21.7 Å². The number of aliphatic carboxylic acids is 1. The van der Waals surface area contributed by atoms with Gasteiger partial charge in [-0.2, -0.15) is 0 Å². The molecule has 0 saturated heterocycles. The zero-order chi connectivity index (χ0) is 27.0. The SMILES string of the molecule is CC(C)CC(NC(=O)C(N)CO)C(=O)NC(C(=O)NC(Cc1c[nH]c2ccccc12)C(=O)O)C(C)C. The number of carboxylic acids is 1. The van der Waals surface area contributed by atoms with Gasteiger partial charge in [-0.25, -0.2) is 4.79 Å². The van der Waals surface area contributed by atoms with Gasteiger partial charge in [-0.1, -0.05) is 45.9 Å². The molecule has 36 heavy (non-hydrogen) atoms. The van der Waals surface area contributed by atoms with E-state index >= 15 is 0 Å². The van der Waals surface area contributed by atoms with Crippen LogP contribution in [-0.4, -0.2) is 69.7 Å². The average Bonchev–Trinajstić information content (AvgIpc) is 3.22. The Balaban J connectivity index is 2.15. The number of aromatic amines is 1. The van der Waals surface area contributed by atoms with Gasteiger partial charge in [0.1, 0.15) is 24.2 Å². The van der Waals surface area contributed by atoms with Crippen molar-refractivity contribution in [3.05, 3.63) is 36.0 Å². The molecule has 0 aliphatic rings. The van der Waals surface area contributed by atoms with E-state index in [4.69, 9.17) is 10.8 Å². The van der Waals surface area contributed by atoms with E-state index in [1.165, 1.54) is 0 Å². The molecule has 1 heterocycles. The maximum absolute atomic E-state index is 13.1. The van der Waals surface area contributed by atoms with Crippen LogP contribution in [0.4, 0.5) is 0 Å². The lowest BCUT2D eigenvalue weighted by atomic mass is 9.99. The third-order valence-electron chi connectivity index (χ3n) is 5.83. The zero-order valence-electron chi connectivity index (χ0n) is 21.1. The Labute approximate surface area is 210 Å². The van der Waals surface area contributed by atoms with Gasteiger partial charge in [0.15, 0.2) is 0 Å². The molecule has 0 radical (unpaired) electrons. The minimum atomic E-state index is -1.22. The average molecular weight is 504 g/mol. The van der Waals surface area contributed by atoms with Crippen molar-refractivity contribution in [1.29, 1.82) is 0 Å². The first-order valence-corrected chi connectivity index (χ1v) is 12.0. The molecule has 2 aromatic rings. The van der Waals surface area contributed by atoms with Crippen LogP contribution >= 0.6 is 0 Å². The molecule has 4 unspecified atom stereocenters. The summed E-state index contributed by atoms with van der Waals surface area (Å²) in [4.78, 5) is 53.4. The minimum Gasteiger partial charge on any atom is -0.480 e. The van der Waals surface area contributed by atoms with E-state index in [1.54, 1.807) is 20.0 Å². The highest BCUT2D eigenvalue weighted by molar-refractivity contribution is 5.94. The zero-order valence-corrected chi connectivity index (χ0v) is 21.1. The number of carbonyl (C=O) groups excluding carboxylic acids is 3. The van der Waals surface area contributed by atoms with Crippen molar-refractivity contribution in [2.45, 2.75) is 64.7 Å². The highest BCUT2D eigenvalue weighted by Crippen LogP contribution is 2.19. The number of aliphatic hydroxyl groups excluding tert-OH is 1. The van der Waals surface area contributed by atoms with E-state index in [-0.39, 0.29) is 24.7 Å². The van der Waals surface area contributed by atoms with Gasteiger partial charge in [0.05, 0.1) is 6.61 Å². The highest BCUT2D eigenvalue weighted by Gasteiger charge is 2.32. The predicted octanol–water partition coefficient (Wildman–Crippen LogP) is 0.271. The first-order valence-electron chi connectivity index (χ1n) is 12.0. The molecular formula is C25H37N5O6. The maximum atomic E-state index is 13.1. The molecule has 0 bridgehead atoms. The Hall–Kier alpha value is -3.44. The van der Waals surface area contributed by atoms with E-state index in [2.05, 4.69) is 20.9 Å². The van der Waals surface area contributed by atoms with Gasteiger partial charge in [0, 0.05) is 23.5 Å². The summed E-state index contributed by atoms with van der Waals surface area (Å²) in [5.74, 6) is -3.47. The first-order chi connectivity index (χ1) is 16.9. The Bertz CT molecular complexity index is 1070. The first kappa shape index (κ1) is 28.8. The molecule has 198 valence electrons. The van der Waals surface area contributed by atoms with Crippen LogP contribution in [0.25, 0.3) is 10.9 Å². The van der Waals surface area contributed by atoms with Crippen LogP contribution in [0.1, 0.15) is 39.7 Å². The number of benzene rings is 1. The highest BCUT2D eigenvalue weighted by atomic mass is 16.4. The van der Waals surface area contributed by atoms with Gasteiger partial charge < -0.3 is 36.9 Å². The van der Waals surface area contributed by atoms with E-state index in [1.807, 2.05) is 38.1 Å². The molecule has 0 aliphatic carbocycles. The summed E-state index contributed by atoms with van der Waals surface area (Å²) in [6, 6.07) is 3.02. The maximum Gasteiger partial charge on any atom is 0.326 e. The minimum absolute atomic E-state index is 0.0327. The molecule has 11 nitrogen and oxygen atoms in total. The second-order valence-corrected chi connectivity index (χ2v) is 9.67. The topological polar surface area (TPSA) is 187 Å².